The van der Waals surface area contributed by atoms with Crippen LogP contribution in [0, 0.1) is 0 Å². The van der Waals surface area contributed by atoms with Crippen LogP contribution in [0.25, 0.3) is 0 Å². The van der Waals surface area contributed by atoms with Crippen LogP contribution in [0.5, 0.6) is 0 Å². The fraction of sp³-hybridized carbons (Fsp3) is 0.538. The van der Waals surface area contributed by atoms with Gasteiger partial charge in [-0.15, -0.1) is 0 Å². The van der Waals surface area contributed by atoms with Gasteiger partial charge in [0.1, 0.15) is 6.10 Å². The minimum absolute atomic E-state index is 0.144. The quantitative estimate of drug-likeness (QED) is 0.738. The lowest BCUT2D eigenvalue weighted by atomic mass is 10.1. The molecule has 2 rings (SSSR count). The molecule has 1 aromatic rings. The Morgan fingerprint density at radius 3 is 2.41 bits per heavy atom. The third kappa shape index (κ3) is 2.84. The van der Waals surface area contributed by atoms with E-state index in [2.05, 4.69) is 0 Å². The van der Waals surface area contributed by atoms with Crippen molar-refractivity contribution >= 4 is 0 Å². The molecule has 1 heterocycles. The molecule has 1 unspecified atom stereocenters. The van der Waals surface area contributed by atoms with Crippen LogP contribution >= 0.6 is 0 Å². The van der Waals surface area contributed by atoms with E-state index in [0.29, 0.717) is 19.8 Å². The van der Waals surface area contributed by atoms with Gasteiger partial charge in [-0.25, -0.2) is 0 Å². The molecule has 1 fully saturated rings. The third-order valence-electron chi connectivity index (χ3n) is 2.51. The maximum atomic E-state index is 5.75. The number of benzene rings is 1. The van der Waals surface area contributed by atoms with Gasteiger partial charge < -0.3 is 14.2 Å². The highest BCUT2D eigenvalue weighted by Crippen LogP contribution is 2.34. The van der Waals surface area contributed by atoms with Crippen LogP contribution < -0.4 is 0 Å². The zero-order valence-electron chi connectivity index (χ0n) is 10.2. The summed E-state index contributed by atoms with van der Waals surface area (Å²) in [5.41, 5.74) is 1.06. The molecule has 0 spiro atoms. The van der Waals surface area contributed by atoms with E-state index in [1.54, 1.807) is 0 Å². The molecule has 0 amide bonds. The van der Waals surface area contributed by atoms with Crippen molar-refractivity contribution in [2.75, 3.05) is 19.8 Å². The standard InChI is InChI=1S/C13H18O4/c1-3-14-13(15-4-2)16-10-12(17-13)11-8-6-5-7-9-11/h5-9,12H,3-4,10H2,1-2H3. The molecule has 4 heteroatoms. The molecule has 0 aliphatic carbocycles. The molecule has 1 aliphatic heterocycles. The first-order chi connectivity index (χ1) is 8.29. The van der Waals surface area contributed by atoms with E-state index in [4.69, 9.17) is 18.9 Å². The van der Waals surface area contributed by atoms with Gasteiger partial charge in [0, 0.05) is 0 Å². The van der Waals surface area contributed by atoms with Crippen molar-refractivity contribution < 1.29 is 18.9 Å². The van der Waals surface area contributed by atoms with Crippen LogP contribution in [0.2, 0.25) is 0 Å². The molecule has 0 aromatic heterocycles. The highest BCUT2D eigenvalue weighted by atomic mass is 17.0. The number of hydrogen-bond donors (Lipinski definition) is 0. The van der Waals surface area contributed by atoms with Gasteiger partial charge in [0.2, 0.25) is 0 Å². The van der Waals surface area contributed by atoms with E-state index in [1.807, 2.05) is 44.2 Å². The van der Waals surface area contributed by atoms with Gasteiger partial charge in [-0.2, -0.15) is 0 Å². The lowest BCUT2D eigenvalue weighted by Crippen LogP contribution is -2.37. The molecule has 0 saturated carbocycles. The van der Waals surface area contributed by atoms with Crippen molar-refractivity contribution in [2.24, 2.45) is 0 Å². The molecule has 0 bridgehead atoms. The second-order valence-electron chi connectivity index (χ2n) is 3.69. The van der Waals surface area contributed by atoms with E-state index < -0.39 is 6.16 Å². The van der Waals surface area contributed by atoms with Crippen LogP contribution in [-0.4, -0.2) is 26.0 Å². The topological polar surface area (TPSA) is 36.9 Å². The van der Waals surface area contributed by atoms with Crippen molar-refractivity contribution in [3.63, 3.8) is 0 Å². The summed E-state index contributed by atoms with van der Waals surface area (Å²) in [5, 5.41) is 0. The minimum Gasteiger partial charge on any atom is -0.304 e. The van der Waals surface area contributed by atoms with Crippen molar-refractivity contribution in [3.05, 3.63) is 35.9 Å². The minimum atomic E-state index is -1.33. The summed E-state index contributed by atoms with van der Waals surface area (Å²) in [6.45, 7) is 5.14. The summed E-state index contributed by atoms with van der Waals surface area (Å²) in [6, 6.07) is 9.92. The van der Waals surface area contributed by atoms with E-state index in [-0.39, 0.29) is 6.10 Å². The normalized spacial score (nSPS) is 22.8. The molecule has 1 aromatic carbocycles. The van der Waals surface area contributed by atoms with Gasteiger partial charge in [-0.1, -0.05) is 30.3 Å². The highest BCUT2D eigenvalue weighted by molar-refractivity contribution is 5.18. The maximum Gasteiger partial charge on any atom is 0.413 e. The lowest BCUT2D eigenvalue weighted by molar-refractivity contribution is -0.466. The lowest BCUT2D eigenvalue weighted by Gasteiger charge is -2.25. The molecule has 94 valence electrons. The predicted octanol–water partition coefficient (Wildman–Crippen LogP) is 2.46. The average molecular weight is 238 g/mol. The Morgan fingerprint density at radius 2 is 1.82 bits per heavy atom. The molecule has 1 saturated heterocycles. The number of rotatable bonds is 5. The van der Waals surface area contributed by atoms with Gasteiger partial charge >= 0.3 is 6.16 Å². The summed E-state index contributed by atoms with van der Waals surface area (Å²) < 4.78 is 22.1. The fourth-order valence-corrected chi connectivity index (χ4v) is 1.80. The first kappa shape index (κ1) is 12.5. The number of ether oxygens (including phenoxy) is 4. The van der Waals surface area contributed by atoms with Crippen LogP contribution in [-0.2, 0) is 18.9 Å². The van der Waals surface area contributed by atoms with Crippen LogP contribution in [0.4, 0.5) is 0 Å². The molecule has 4 nitrogen and oxygen atoms in total. The summed E-state index contributed by atoms with van der Waals surface area (Å²) in [7, 11) is 0. The van der Waals surface area contributed by atoms with Crippen LogP contribution in [0.3, 0.4) is 0 Å². The predicted molar refractivity (Wildman–Crippen MR) is 62.2 cm³/mol. The molecule has 0 N–H and O–H groups in total. The van der Waals surface area contributed by atoms with Gasteiger partial charge in [-0.05, 0) is 19.4 Å². The van der Waals surface area contributed by atoms with Gasteiger partial charge in [0.25, 0.3) is 0 Å². The largest absolute Gasteiger partial charge is 0.413 e. The van der Waals surface area contributed by atoms with Gasteiger partial charge in [-0.3, -0.25) is 4.74 Å². The van der Waals surface area contributed by atoms with E-state index in [9.17, 15) is 0 Å². The first-order valence-electron chi connectivity index (χ1n) is 5.94. The Labute approximate surface area is 101 Å². The fourth-order valence-electron chi connectivity index (χ4n) is 1.80. The monoisotopic (exact) mass is 238 g/mol. The number of hydrogen-bond acceptors (Lipinski definition) is 4. The third-order valence-corrected chi connectivity index (χ3v) is 2.51. The van der Waals surface area contributed by atoms with Gasteiger partial charge in [0.15, 0.2) is 0 Å². The molecular formula is C13H18O4. The second kappa shape index (κ2) is 5.60. The Balaban J connectivity index is 2.06. The van der Waals surface area contributed by atoms with Crippen molar-refractivity contribution in [3.8, 4) is 0 Å². The zero-order chi connectivity index (χ0) is 12.1. The summed E-state index contributed by atoms with van der Waals surface area (Å²) >= 11 is 0. The second-order valence-corrected chi connectivity index (χ2v) is 3.69. The molecule has 17 heavy (non-hydrogen) atoms. The average Bonchev–Trinajstić information content (AvgIpc) is 2.76. The van der Waals surface area contributed by atoms with Crippen LogP contribution in [0.1, 0.15) is 25.5 Å². The SMILES string of the molecule is CCOC1(OCC)OCC(c2ccccc2)O1. The zero-order valence-corrected chi connectivity index (χ0v) is 10.2. The maximum absolute atomic E-state index is 5.75. The Hall–Kier alpha value is -0.940. The van der Waals surface area contributed by atoms with Crippen molar-refractivity contribution in [1.29, 1.82) is 0 Å². The van der Waals surface area contributed by atoms with Crippen molar-refractivity contribution in [2.45, 2.75) is 26.1 Å². The molecule has 1 aliphatic rings. The summed E-state index contributed by atoms with van der Waals surface area (Å²) in [5.74, 6) is 0. The van der Waals surface area contributed by atoms with Gasteiger partial charge in [0.05, 0.1) is 19.8 Å². The summed E-state index contributed by atoms with van der Waals surface area (Å²) in [4.78, 5) is 0. The molecular weight excluding hydrogens is 220 g/mol. The Bertz CT molecular complexity index is 333. The first-order valence-corrected chi connectivity index (χ1v) is 5.94. The van der Waals surface area contributed by atoms with E-state index >= 15 is 0 Å². The molecule has 1 atom stereocenters. The highest BCUT2D eigenvalue weighted by Gasteiger charge is 2.45. The van der Waals surface area contributed by atoms with Crippen molar-refractivity contribution in [1.82, 2.24) is 0 Å². The van der Waals surface area contributed by atoms with E-state index in [1.165, 1.54) is 0 Å². The smallest absolute Gasteiger partial charge is 0.304 e. The summed E-state index contributed by atoms with van der Waals surface area (Å²) in [6.07, 6.45) is -1.47. The molecule has 0 radical (unpaired) electrons. The van der Waals surface area contributed by atoms with E-state index in [0.717, 1.165) is 5.56 Å². The van der Waals surface area contributed by atoms with Crippen LogP contribution in [0.15, 0.2) is 30.3 Å². The Morgan fingerprint density at radius 1 is 1.18 bits per heavy atom. The Kier molecular flexibility index (Phi) is 4.12.